The van der Waals surface area contributed by atoms with E-state index in [0.29, 0.717) is 11.3 Å². The van der Waals surface area contributed by atoms with Crippen LogP contribution in [0.25, 0.3) is 0 Å². The molecular weight excluding hydrogens is 328 g/mol. The van der Waals surface area contributed by atoms with Crippen LogP contribution >= 0.6 is 0 Å². The third-order valence-corrected chi connectivity index (χ3v) is 5.17. The summed E-state index contributed by atoms with van der Waals surface area (Å²) < 4.78 is 16.3. The normalized spacial score (nSPS) is 16.1. The molecule has 0 saturated carbocycles. The van der Waals surface area contributed by atoms with Gasteiger partial charge in [-0.15, -0.1) is 0 Å². The van der Waals surface area contributed by atoms with Gasteiger partial charge in [0.25, 0.3) is 0 Å². The number of ether oxygens (including phenoxy) is 3. The molecule has 1 heterocycles. The largest absolute Gasteiger partial charge is 0.497 e. The van der Waals surface area contributed by atoms with E-state index in [9.17, 15) is 4.79 Å². The molecule has 0 bridgehead atoms. The molecule has 1 unspecified atom stereocenters. The van der Waals surface area contributed by atoms with Crippen LogP contribution in [0.2, 0.25) is 0 Å². The fourth-order valence-electron chi connectivity index (χ4n) is 3.66. The lowest BCUT2D eigenvalue weighted by molar-refractivity contribution is 0.0227. The number of unbranched alkanes of at least 4 members (excludes halogenated alkanes) is 8. The Hall–Kier alpha value is -1.71. The van der Waals surface area contributed by atoms with Crippen LogP contribution in [0, 0.1) is 0 Å². The van der Waals surface area contributed by atoms with Crippen LogP contribution < -0.4 is 9.47 Å². The summed E-state index contributed by atoms with van der Waals surface area (Å²) in [5, 5.41) is 0. The minimum absolute atomic E-state index is 0.0311. The molecule has 0 radical (unpaired) electrons. The van der Waals surface area contributed by atoms with Gasteiger partial charge in [-0.2, -0.15) is 0 Å². The summed E-state index contributed by atoms with van der Waals surface area (Å²) in [6.07, 6.45) is 13.4. The van der Waals surface area contributed by atoms with E-state index >= 15 is 0 Å². The van der Waals surface area contributed by atoms with Crippen LogP contribution in [0.15, 0.2) is 12.1 Å². The summed E-state index contributed by atoms with van der Waals surface area (Å²) >= 11 is 0. The highest BCUT2D eigenvalue weighted by Gasteiger charge is 2.30. The number of carbonyl (C=O) groups excluding carboxylic acids is 1. The van der Waals surface area contributed by atoms with Crippen molar-refractivity contribution < 1.29 is 19.0 Å². The van der Waals surface area contributed by atoms with Crippen LogP contribution in [0.4, 0.5) is 0 Å². The number of cyclic esters (lactones) is 1. The maximum atomic E-state index is 12.4. The number of methoxy groups -OCH3 is 2. The molecule has 1 aromatic rings. The van der Waals surface area contributed by atoms with Gasteiger partial charge < -0.3 is 14.2 Å². The summed E-state index contributed by atoms with van der Waals surface area (Å²) in [5.74, 6) is 0.981. The highest BCUT2D eigenvalue weighted by Crippen LogP contribution is 2.34. The topological polar surface area (TPSA) is 44.8 Å². The molecule has 0 fully saturated rings. The van der Waals surface area contributed by atoms with Crippen molar-refractivity contribution in [2.75, 3.05) is 14.2 Å². The lowest BCUT2D eigenvalue weighted by Gasteiger charge is -2.26. The SMILES string of the molecule is CCCCCCCCCCCC1Cc2cc(OC)cc(OC)c2C(=O)O1. The minimum Gasteiger partial charge on any atom is -0.497 e. The highest BCUT2D eigenvalue weighted by atomic mass is 16.5. The Balaban J connectivity index is 1.76. The molecule has 1 atom stereocenters. The summed E-state index contributed by atoms with van der Waals surface area (Å²) in [5.41, 5.74) is 1.52. The first-order valence-corrected chi connectivity index (χ1v) is 10.2. The monoisotopic (exact) mass is 362 g/mol. The minimum atomic E-state index is -0.272. The van der Waals surface area contributed by atoms with Gasteiger partial charge in [0, 0.05) is 12.5 Å². The molecule has 4 heteroatoms. The predicted molar refractivity (Wildman–Crippen MR) is 104 cm³/mol. The smallest absolute Gasteiger partial charge is 0.342 e. The number of benzene rings is 1. The summed E-state index contributed by atoms with van der Waals surface area (Å²) in [7, 11) is 3.19. The second-order valence-corrected chi connectivity index (χ2v) is 7.21. The number of esters is 1. The van der Waals surface area contributed by atoms with Crippen LogP contribution in [-0.4, -0.2) is 26.3 Å². The van der Waals surface area contributed by atoms with E-state index in [4.69, 9.17) is 14.2 Å². The Labute approximate surface area is 158 Å². The standard InChI is InChI=1S/C22H34O4/c1-4-5-6-7-8-9-10-11-12-13-18-14-17-15-19(24-2)16-20(25-3)21(17)22(23)26-18/h15-16,18H,4-14H2,1-3H3. The van der Waals surface area contributed by atoms with Crippen molar-refractivity contribution in [3.05, 3.63) is 23.3 Å². The zero-order chi connectivity index (χ0) is 18.8. The first-order valence-electron chi connectivity index (χ1n) is 10.2. The van der Waals surface area contributed by atoms with Crippen molar-refractivity contribution in [3.8, 4) is 11.5 Å². The number of rotatable bonds is 12. The number of hydrogen-bond acceptors (Lipinski definition) is 4. The second-order valence-electron chi connectivity index (χ2n) is 7.21. The van der Waals surface area contributed by atoms with Gasteiger partial charge in [-0.25, -0.2) is 4.79 Å². The maximum Gasteiger partial charge on any atom is 0.342 e. The summed E-state index contributed by atoms with van der Waals surface area (Å²) in [6.45, 7) is 2.25. The van der Waals surface area contributed by atoms with Gasteiger partial charge in [-0.1, -0.05) is 58.3 Å². The van der Waals surface area contributed by atoms with Crippen molar-refractivity contribution >= 4 is 5.97 Å². The van der Waals surface area contributed by atoms with Gasteiger partial charge in [0.15, 0.2) is 0 Å². The lowest BCUT2D eigenvalue weighted by atomic mass is 9.94. The van der Waals surface area contributed by atoms with Crippen LogP contribution in [0.3, 0.4) is 0 Å². The van der Waals surface area contributed by atoms with Crippen LogP contribution in [0.1, 0.15) is 87.1 Å². The Morgan fingerprint density at radius 3 is 2.23 bits per heavy atom. The van der Waals surface area contributed by atoms with E-state index in [1.807, 2.05) is 6.07 Å². The van der Waals surface area contributed by atoms with Crippen molar-refractivity contribution in [2.24, 2.45) is 0 Å². The van der Waals surface area contributed by atoms with Gasteiger partial charge >= 0.3 is 5.97 Å². The molecule has 0 amide bonds. The van der Waals surface area contributed by atoms with E-state index in [0.717, 1.165) is 30.6 Å². The Bertz CT molecular complexity index is 568. The van der Waals surface area contributed by atoms with Gasteiger partial charge in [-0.3, -0.25) is 0 Å². The molecule has 0 aromatic heterocycles. The quantitative estimate of drug-likeness (QED) is 0.353. The molecule has 2 rings (SSSR count). The van der Waals surface area contributed by atoms with Crippen molar-refractivity contribution in [1.29, 1.82) is 0 Å². The lowest BCUT2D eigenvalue weighted by Crippen LogP contribution is -2.28. The first-order chi connectivity index (χ1) is 12.7. The Kier molecular flexibility index (Phi) is 8.79. The zero-order valence-electron chi connectivity index (χ0n) is 16.6. The molecule has 0 aliphatic carbocycles. The molecule has 1 aliphatic heterocycles. The highest BCUT2D eigenvalue weighted by molar-refractivity contribution is 5.95. The fourth-order valence-corrected chi connectivity index (χ4v) is 3.66. The molecule has 4 nitrogen and oxygen atoms in total. The average Bonchev–Trinajstić information content (AvgIpc) is 2.65. The van der Waals surface area contributed by atoms with E-state index in [2.05, 4.69) is 6.92 Å². The summed E-state index contributed by atoms with van der Waals surface area (Å²) in [6, 6.07) is 3.67. The number of carbonyl (C=O) groups is 1. The Morgan fingerprint density at radius 1 is 0.962 bits per heavy atom. The molecule has 1 aromatic carbocycles. The predicted octanol–water partition coefficient (Wildman–Crippen LogP) is 5.71. The van der Waals surface area contributed by atoms with E-state index in [-0.39, 0.29) is 12.1 Å². The number of fused-ring (bicyclic) bond motifs is 1. The van der Waals surface area contributed by atoms with E-state index in [1.165, 1.54) is 51.4 Å². The first kappa shape index (κ1) is 20.6. The van der Waals surface area contributed by atoms with E-state index < -0.39 is 0 Å². The van der Waals surface area contributed by atoms with E-state index in [1.54, 1.807) is 20.3 Å². The van der Waals surface area contributed by atoms with Crippen molar-refractivity contribution in [3.63, 3.8) is 0 Å². The number of hydrogen-bond donors (Lipinski definition) is 0. The third-order valence-electron chi connectivity index (χ3n) is 5.17. The summed E-state index contributed by atoms with van der Waals surface area (Å²) in [4.78, 5) is 12.4. The molecule has 1 aliphatic rings. The molecule has 26 heavy (non-hydrogen) atoms. The van der Waals surface area contributed by atoms with Gasteiger partial charge in [0.2, 0.25) is 0 Å². The average molecular weight is 363 g/mol. The van der Waals surface area contributed by atoms with Crippen molar-refractivity contribution in [2.45, 2.75) is 83.7 Å². The third kappa shape index (κ3) is 5.93. The van der Waals surface area contributed by atoms with Crippen molar-refractivity contribution in [1.82, 2.24) is 0 Å². The van der Waals surface area contributed by atoms with Gasteiger partial charge in [-0.05, 0) is 24.5 Å². The molecule has 0 saturated heterocycles. The Morgan fingerprint density at radius 2 is 1.62 bits per heavy atom. The molecule has 146 valence electrons. The van der Waals surface area contributed by atoms with Crippen LogP contribution in [0.5, 0.6) is 11.5 Å². The second kappa shape index (κ2) is 11.1. The fraction of sp³-hybridized carbons (Fsp3) is 0.682. The van der Waals surface area contributed by atoms with Gasteiger partial charge in [0.05, 0.1) is 14.2 Å². The molecular formula is C22H34O4. The van der Waals surface area contributed by atoms with Gasteiger partial charge in [0.1, 0.15) is 23.2 Å². The molecule has 0 N–H and O–H groups in total. The van der Waals surface area contributed by atoms with Crippen LogP contribution in [-0.2, 0) is 11.2 Å². The molecule has 0 spiro atoms. The zero-order valence-corrected chi connectivity index (χ0v) is 16.6. The maximum absolute atomic E-state index is 12.4.